The van der Waals surface area contributed by atoms with Crippen molar-refractivity contribution in [3.8, 4) is 11.5 Å². The van der Waals surface area contributed by atoms with Crippen molar-refractivity contribution in [2.24, 2.45) is 0 Å². The van der Waals surface area contributed by atoms with Crippen LogP contribution in [-0.2, 0) is 0 Å². The number of aromatic hydroxyl groups is 1. The van der Waals surface area contributed by atoms with E-state index in [9.17, 15) is 27.5 Å². The highest BCUT2D eigenvalue weighted by atomic mass is 19.4. The molecule has 0 saturated carbocycles. The number of amides is 2. The average molecular weight is 330 g/mol. The van der Waals surface area contributed by atoms with Gasteiger partial charge in [-0.25, -0.2) is 9.18 Å². The van der Waals surface area contributed by atoms with Gasteiger partial charge in [0.2, 0.25) is 0 Å². The zero-order valence-corrected chi connectivity index (χ0v) is 11.3. The quantitative estimate of drug-likeness (QED) is 0.587. The number of alkyl halides is 3. The number of carbonyl (C=O) groups excluding carboxylic acids is 1. The molecule has 0 spiro atoms. The van der Waals surface area contributed by atoms with Crippen LogP contribution >= 0.6 is 0 Å². The lowest BCUT2D eigenvalue weighted by Crippen LogP contribution is -2.20. The summed E-state index contributed by atoms with van der Waals surface area (Å²) in [6.45, 7) is 0. The molecule has 0 unspecified atom stereocenters. The van der Waals surface area contributed by atoms with Crippen molar-refractivity contribution in [1.29, 1.82) is 0 Å². The van der Waals surface area contributed by atoms with Crippen LogP contribution < -0.4 is 15.4 Å². The Morgan fingerprint density at radius 3 is 2.30 bits per heavy atom. The second kappa shape index (κ2) is 6.42. The summed E-state index contributed by atoms with van der Waals surface area (Å²) in [5.74, 6) is -2.07. The third-order valence-electron chi connectivity index (χ3n) is 2.58. The zero-order chi connectivity index (χ0) is 17.0. The molecule has 9 heteroatoms. The van der Waals surface area contributed by atoms with Gasteiger partial charge in [-0.15, -0.1) is 13.2 Å². The number of anilines is 2. The van der Waals surface area contributed by atoms with E-state index in [2.05, 4.69) is 15.4 Å². The van der Waals surface area contributed by atoms with Crippen LogP contribution in [0.5, 0.6) is 11.5 Å². The first kappa shape index (κ1) is 16.4. The zero-order valence-electron chi connectivity index (χ0n) is 11.3. The van der Waals surface area contributed by atoms with Crippen LogP contribution in [0.3, 0.4) is 0 Å². The Morgan fingerprint density at radius 2 is 1.70 bits per heavy atom. The average Bonchev–Trinajstić information content (AvgIpc) is 2.44. The number of phenolic OH excluding ortho intramolecular Hbond substituents is 1. The van der Waals surface area contributed by atoms with Gasteiger partial charge in [0.15, 0.2) is 11.6 Å². The summed E-state index contributed by atoms with van der Waals surface area (Å²) in [6.07, 6.45) is -4.80. The molecule has 0 aromatic heterocycles. The molecule has 0 aliphatic heterocycles. The molecule has 122 valence electrons. The number of urea groups is 1. The van der Waals surface area contributed by atoms with Crippen molar-refractivity contribution in [2.75, 3.05) is 10.6 Å². The van der Waals surface area contributed by atoms with Gasteiger partial charge >= 0.3 is 12.4 Å². The highest BCUT2D eigenvalue weighted by Gasteiger charge is 2.30. The molecule has 23 heavy (non-hydrogen) atoms. The highest BCUT2D eigenvalue weighted by molar-refractivity contribution is 6.00. The number of carbonyl (C=O) groups is 1. The fraction of sp³-hybridized carbons (Fsp3) is 0.0714. The Kier molecular flexibility index (Phi) is 4.58. The van der Waals surface area contributed by atoms with E-state index >= 15 is 0 Å². The van der Waals surface area contributed by atoms with Crippen molar-refractivity contribution < 1.29 is 32.2 Å². The smallest absolute Gasteiger partial charge is 0.503 e. The van der Waals surface area contributed by atoms with Crippen LogP contribution in [0.15, 0.2) is 42.5 Å². The fourth-order valence-corrected chi connectivity index (χ4v) is 1.64. The Balaban J connectivity index is 1.99. The minimum atomic E-state index is -4.80. The molecule has 0 aliphatic carbocycles. The van der Waals surface area contributed by atoms with Crippen LogP contribution in [-0.4, -0.2) is 17.5 Å². The van der Waals surface area contributed by atoms with Crippen molar-refractivity contribution in [3.63, 3.8) is 0 Å². The molecule has 2 aromatic rings. The van der Waals surface area contributed by atoms with Crippen LogP contribution in [0.1, 0.15) is 0 Å². The third kappa shape index (κ3) is 4.77. The maximum atomic E-state index is 13.1. The first-order chi connectivity index (χ1) is 10.7. The maximum Gasteiger partial charge on any atom is 0.573 e. The molecule has 2 rings (SSSR count). The van der Waals surface area contributed by atoms with Gasteiger partial charge in [-0.1, -0.05) is 6.07 Å². The SMILES string of the molecule is O=C(Nc1ccc(OC(F)(F)F)cc1)Nc1cccc(F)c1O. The van der Waals surface area contributed by atoms with Gasteiger partial charge in [-0.05, 0) is 36.4 Å². The van der Waals surface area contributed by atoms with Crippen molar-refractivity contribution in [3.05, 3.63) is 48.3 Å². The van der Waals surface area contributed by atoms with Crippen molar-refractivity contribution in [2.45, 2.75) is 6.36 Å². The molecule has 3 N–H and O–H groups in total. The number of hydrogen-bond donors (Lipinski definition) is 3. The van der Waals surface area contributed by atoms with E-state index < -0.39 is 29.7 Å². The van der Waals surface area contributed by atoms with E-state index in [0.717, 1.165) is 18.2 Å². The fourth-order valence-electron chi connectivity index (χ4n) is 1.64. The first-order valence-corrected chi connectivity index (χ1v) is 6.16. The minimum Gasteiger partial charge on any atom is -0.503 e. The third-order valence-corrected chi connectivity index (χ3v) is 2.58. The van der Waals surface area contributed by atoms with Gasteiger partial charge < -0.3 is 20.5 Å². The Morgan fingerprint density at radius 1 is 1.04 bits per heavy atom. The number of para-hydroxylation sites is 1. The number of benzene rings is 2. The van der Waals surface area contributed by atoms with Crippen LogP contribution in [0.4, 0.5) is 33.7 Å². The number of rotatable bonds is 3. The van der Waals surface area contributed by atoms with E-state index in [-0.39, 0.29) is 11.4 Å². The normalized spacial score (nSPS) is 11.0. The molecule has 0 heterocycles. The second-order valence-corrected chi connectivity index (χ2v) is 4.29. The lowest BCUT2D eigenvalue weighted by molar-refractivity contribution is -0.274. The van der Waals surface area contributed by atoms with Gasteiger partial charge in [-0.3, -0.25) is 0 Å². The number of phenols is 1. The Labute approximate surface area is 127 Å². The van der Waals surface area contributed by atoms with Crippen LogP contribution in [0.25, 0.3) is 0 Å². The number of halogens is 4. The van der Waals surface area contributed by atoms with E-state index in [1.54, 1.807) is 0 Å². The van der Waals surface area contributed by atoms with Crippen molar-refractivity contribution in [1.82, 2.24) is 0 Å². The predicted octanol–water partition coefficient (Wildman–Crippen LogP) is 4.07. The molecule has 2 aromatic carbocycles. The van der Waals surface area contributed by atoms with Gasteiger partial charge in [0, 0.05) is 5.69 Å². The van der Waals surface area contributed by atoms with E-state index in [1.807, 2.05) is 0 Å². The molecule has 2 amide bonds. The van der Waals surface area contributed by atoms with Gasteiger partial charge in [0.05, 0.1) is 5.69 Å². The lowest BCUT2D eigenvalue weighted by Gasteiger charge is -2.11. The Hall–Kier alpha value is -2.97. The first-order valence-electron chi connectivity index (χ1n) is 6.16. The van der Waals surface area contributed by atoms with Crippen molar-refractivity contribution >= 4 is 17.4 Å². The van der Waals surface area contributed by atoms with Gasteiger partial charge in [0.25, 0.3) is 0 Å². The van der Waals surface area contributed by atoms with E-state index in [4.69, 9.17) is 0 Å². The Bertz CT molecular complexity index is 702. The molecular formula is C14H10F4N2O3. The summed E-state index contributed by atoms with van der Waals surface area (Å²) in [7, 11) is 0. The topological polar surface area (TPSA) is 70.6 Å². The molecule has 0 fully saturated rings. The lowest BCUT2D eigenvalue weighted by atomic mass is 10.3. The molecule has 0 bridgehead atoms. The van der Waals surface area contributed by atoms with Gasteiger partial charge in [0.1, 0.15) is 5.75 Å². The molecular weight excluding hydrogens is 320 g/mol. The summed E-state index contributed by atoms with van der Waals surface area (Å²) in [4.78, 5) is 11.7. The highest BCUT2D eigenvalue weighted by Crippen LogP contribution is 2.26. The molecule has 5 nitrogen and oxygen atoms in total. The van der Waals surface area contributed by atoms with Gasteiger partial charge in [-0.2, -0.15) is 0 Å². The largest absolute Gasteiger partial charge is 0.573 e. The number of nitrogens with one attached hydrogen (secondary N) is 2. The standard InChI is InChI=1S/C14H10F4N2O3/c15-10-2-1-3-11(12(10)21)20-13(22)19-8-4-6-9(7-5-8)23-14(16,17)18/h1-7,21H,(H2,19,20,22). The van der Waals surface area contributed by atoms with E-state index in [1.165, 1.54) is 24.3 Å². The predicted molar refractivity (Wildman–Crippen MR) is 73.8 cm³/mol. The summed E-state index contributed by atoms with van der Waals surface area (Å²) in [5.41, 5.74) is 0.0208. The summed E-state index contributed by atoms with van der Waals surface area (Å²) in [5, 5.41) is 13.9. The molecule has 0 aliphatic rings. The second-order valence-electron chi connectivity index (χ2n) is 4.29. The van der Waals surface area contributed by atoms with Crippen LogP contribution in [0, 0.1) is 5.82 Å². The van der Waals surface area contributed by atoms with E-state index in [0.29, 0.717) is 0 Å². The summed E-state index contributed by atoms with van der Waals surface area (Å²) >= 11 is 0. The monoisotopic (exact) mass is 330 g/mol. The van der Waals surface area contributed by atoms with Crippen LogP contribution in [0.2, 0.25) is 0 Å². The molecule has 0 saturated heterocycles. The summed E-state index contributed by atoms with van der Waals surface area (Å²) < 4.78 is 52.8. The molecule has 0 atom stereocenters. The summed E-state index contributed by atoms with van der Waals surface area (Å²) in [6, 6.07) is 7.17. The number of ether oxygens (including phenoxy) is 1. The maximum absolute atomic E-state index is 13.1. The molecule has 0 radical (unpaired) electrons. The number of hydrogen-bond acceptors (Lipinski definition) is 3. The minimum absolute atomic E-state index is 0.153.